The summed E-state index contributed by atoms with van der Waals surface area (Å²) in [4.78, 5) is 12.3. The van der Waals surface area contributed by atoms with Gasteiger partial charge in [-0.1, -0.05) is 13.0 Å². The van der Waals surface area contributed by atoms with Crippen molar-refractivity contribution in [1.82, 2.24) is 0 Å². The van der Waals surface area contributed by atoms with Gasteiger partial charge in [0.1, 0.15) is 0 Å². The maximum absolute atomic E-state index is 12.3. The molecule has 1 fully saturated rings. The number of sulfonamides is 1. The van der Waals surface area contributed by atoms with Gasteiger partial charge >= 0.3 is 0 Å². The van der Waals surface area contributed by atoms with Crippen molar-refractivity contribution in [1.29, 1.82) is 0 Å². The molecule has 0 spiro atoms. The maximum atomic E-state index is 12.3. The third-order valence-electron chi connectivity index (χ3n) is 4.24. The Labute approximate surface area is 126 Å². The molecule has 1 amide bonds. The third kappa shape index (κ3) is 3.83. The Hall–Kier alpha value is -1.40. The van der Waals surface area contributed by atoms with Crippen LogP contribution in [0.15, 0.2) is 23.1 Å². The maximum Gasteiger partial charge on any atom is 0.238 e. The number of amides is 1. The summed E-state index contributed by atoms with van der Waals surface area (Å²) in [6.07, 6.45) is 3.91. The Morgan fingerprint density at radius 1 is 1.24 bits per heavy atom. The molecular weight excluding hydrogens is 288 g/mol. The summed E-state index contributed by atoms with van der Waals surface area (Å²) in [5.74, 6) is 0.664. The molecule has 0 bridgehead atoms. The van der Waals surface area contributed by atoms with E-state index in [1.807, 2.05) is 0 Å². The second kappa shape index (κ2) is 6.15. The number of nitrogens with one attached hydrogen (secondary N) is 1. The Morgan fingerprint density at radius 3 is 2.43 bits per heavy atom. The van der Waals surface area contributed by atoms with Gasteiger partial charge in [-0.15, -0.1) is 0 Å². The normalized spacial score (nSPS) is 22.8. The highest BCUT2D eigenvalue weighted by Crippen LogP contribution is 2.30. The van der Waals surface area contributed by atoms with E-state index in [0.29, 0.717) is 17.2 Å². The van der Waals surface area contributed by atoms with E-state index < -0.39 is 10.0 Å². The molecule has 1 saturated carbocycles. The zero-order valence-corrected chi connectivity index (χ0v) is 13.2. The number of primary sulfonamides is 1. The molecule has 0 radical (unpaired) electrons. The first-order valence-corrected chi connectivity index (χ1v) is 8.77. The second-order valence-electron chi connectivity index (χ2n) is 5.92. The van der Waals surface area contributed by atoms with Crippen molar-refractivity contribution in [3.63, 3.8) is 0 Å². The summed E-state index contributed by atoms with van der Waals surface area (Å²) in [7, 11) is -3.78. The van der Waals surface area contributed by atoms with Crippen molar-refractivity contribution < 1.29 is 13.2 Å². The quantitative estimate of drug-likeness (QED) is 0.898. The van der Waals surface area contributed by atoms with Gasteiger partial charge in [0.25, 0.3) is 0 Å². The summed E-state index contributed by atoms with van der Waals surface area (Å²) < 4.78 is 23.0. The van der Waals surface area contributed by atoms with E-state index >= 15 is 0 Å². The van der Waals surface area contributed by atoms with Crippen LogP contribution < -0.4 is 10.5 Å². The van der Waals surface area contributed by atoms with E-state index in [2.05, 4.69) is 12.2 Å². The molecule has 1 aliphatic rings. The number of hydrogen-bond acceptors (Lipinski definition) is 3. The minimum absolute atomic E-state index is 0.0127. The number of carbonyl (C=O) groups is 1. The van der Waals surface area contributed by atoms with Crippen LogP contribution >= 0.6 is 0 Å². The molecule has 1 aromatic carbocycles. The Kier molecular flexibility index (Phi) is 4.68. The van der Waals surface area contributed by atoms with Crippen LogP contribution in [0.2, 0.25) is 0 Å². The first-order valence-electron chi connectivity index (χ1n) is 7.22. The van der Waals surface area contributed by atoms with Crippen LogP contribution in [0, 0.1) is 18.8 Å². The van der Waals surface area contributed by atoms with Crippen LogP contribution in [-0.2, 0) is 14.8 Å². The predicted octanol–water partition coefficient (Wildman–Crippen LogP) is 2.41. The number of anilines is 1. The van der Waals surface area contributed by atoms with Gasteiger partial charge in [0.05, 0.1) is 4.90 Å². The van der Waals surface area contributed by atoms with Crippen molar-refractivity contribution in [3.05, 3.63) is 23.8 Å². The molecule has 0 heterocycles. The SMILES string of the molecule is Cc1c(NC(=O)C2CCC(C)CC2)cccc1S(N)(=O)=O. The van der Waals surface area contributed by atoms with Gasteiger partial charge < -0.3 is 5.32 Å². The van der Waals surface area contributed by atoms with Crippen LogP contribution in [0.4, 0.5) is 5.69 Å². The molecule has 21 heavy (non-hydrogen) atoms. The van der Waals surface area contributed by atoms with Gasteiger partial charge in [0.2, 0.25) is 15.9 Å². The lowest BCUT2D eigenvalue weighted by atomic mass is 9.82. The topological polar surface area (TPSA) is 89.3 Å². The molecule has 5 nitrogen and oxygen atoms in total. The monoisotopic (exact) mass is 310 g/mol. The van der Waals surface area contributed by atoms with Crippen LogP contribution in [-0.4, -0.2) is 14.3 Å². The summed E-state index contributed by atoms with van der Waals surface area (Å²) in [6, 6.07) is 4.74. The molecule has 3 N–H and O–H groups in total. The fourth-order valence-electron chi connectivity index (χ4n) is 2.82. The third-order valence-corrected chi connectivity index (χ3v) is 5.29. The number of hydrogen-bond donors (Lipinski definition) is 2. The number of rotatable bonds is 3. The van der Waals surface area contributed by atoms with E-state index in [1.165, 1.54) is 6.07 Å². The number of nitrogens with two attached hydrogens (primary N) is 1. The van der Waals surface area contributed by atoms with Crippen LogP contribution in [0.25, 0.3) is 0 Å². The average molecular weight is 310 g/mol. The second-order valence-corrected chi connectivity index (χ2v) is 7.45. The summed E-state index contributed by atoms with van der Waals surface area (Å²) in [6.45, 7) is 3.85. The first kappa shape index (κ1) is 16.0. The van der Waals surface area contributed by atoms with Gasteiger partial charge in [-0.2, -0.15) is 0 Å². The number of carbonyl (C=O) groups excluding carboxylic acids is 1. The molecule has 1 aliphatic carbocycles. The molecule has 116 valence electrons. The van der Waals surface area contributed by atoms with Crippen LogP contribution in [0.5, 0.6) is 0 Å². The van der Waals surface area contributed by atoms with Crippen molar-refractivity contribution in [3.8, 4) is 0 Å². The van der Waals surface area contributed by atoms with E-state index in [1.54, 1.807) is 19.1 Å². The summed E-state index contributed by atoms with van der Waals surface area (Å²) in [5.41, 5.74) is 1.00. The van der Waals surface area contributed by atoms with E-state index in [-0.39, 0.29) is 16.7 Å². The minimum atomic E-state index is -3.78. The van der Waals surface area contributed by atoms with E-state index in [4.69, 9.17) is 5.14 Å². The largest absolute Gasteiger partial charge is 0.326 e. The summed E-state index contributed by atoms with van der Waals surface area (Å²) in [5, 5.41) is 8.02. The average Bonchev–Trinajstić information content (AvgIpc) is 2.40. The van der Waals surface area contributed by atoms with Crippen molar-refractivity contribution in [2.45, 2.75) is 44.4 Å². The molecule has 0 unspecified atom stereocenters. The summed E-state index contributed by atoms with van der Waals surface area (Å²) >= 11 is 0. The van der Waals surface area contributed by atoms with Gasteiger partial charge in [0.15, 0.2) is 0 Å². The zero-order valence-electron chi connectivity index (χ0n) is 12.4. The molecule has 2 rings (SSSR count). The lowest BCUT2D eigenvalue weighted by Crippen LogP contribution is -2.27. The van der Waals surface area contributed by atoms with Crippen LogP contribution in [0.3, 0.4) is 0 Å². The molecule has 1 aromatic rings. The molecule has 6 heteroatoms. The number of benzene rings is 1. The van der Waals surface area contributed by atoms with Crippen molar-refractivity contribution in [2.75, 3.05) is 5.32 Å². The lowest BCUT2D eigenvalue weighted by Gasteiger charge is -2.25. The van der Waals surface area contributed by atoms with E-state index in [9.17, 15) is 13.2 Å². The molecule has 0 aliphatic heterocycles. The molecule has 0 saturated heterocycles. The van der Waals surface area contributed by atoms with Gasteiger partial charge in [-0.05, 0) is 56.2 Å². The molecular formula is C15H22N2O3S. The first-order chi connectivity index (χ1) is 9.79. The van der Waals surface area contributed by atoms with Gasteiger partial charge in [-0.25, -0.2) is 13.6 Å². The highest BCUT2D eigenvalue weighted by atomic mass is 32.2. The Bertz CT molecular complexity index is 632. The van der Waals surface area contributed by atoms with Gasteiger partial charge in [-0.3, -0.25) is 4.79 Å². The fourth-order valence-corrected chi connectivity index (χ4v) is 3.62. The minimum Gasteiger partial charge on any atom is -0.326 e. The van der Waals surface area contributed by atoms with Gasteiger partial charge in [0, 0.05) is 11.6 Å². The standard InChI is InChI=1S/C15H22N2O3S/c1-10-6-8-12(9-7-10)15(18)17-13-4-3-5-14(11(13)2)21(16,19)20/h3-5,10,12H,6-9H2,1-2H3,(H,17,18)(H2,16,19,20). The van der Waals surface area contributed by atoms with Crippen LogP contribution in [0.1, 0.15) is 38.2 Å². The Morgan fingerprint density at radius 2 is 1.86 bits per heavy atom. The highest BCUT2D eigenvalue weighted by Gasteiger charge is 2.25. The smallest absolute Gasteiger partial charge is 0.238 e. The molecule has 0 aromatic heterocycles. The predicted molar refractivity (Wildman–Crippen MR) is 82.3 cm³/mol. The van der Waals surface area contributed by atoms with E-state index in [0.717, 1.165) is 25.7 Å². The lowest BCUT2D eigenvalue weighted by molar-refractivity contribution is -0.121. The zero-order chi connectivity index (χ0) is 15.6. The molecule has 0 atom stereocenters. The fraction of sp³-hybridized carbons (Fsp3) is 0.533. The highest BCUT2D eigenvalue weighted by molar-refractivity contribution is 7.89. The van der Waals surface area contributed by atoms with Crippen molar-refractivity contribution >= 4 is 21.6 Å². The van der Waals surface area contributed by atoms with Crippen molar-refractivity contribution in [2.24, 2.45) is 17.0 Å². The Balaban J connectivity index is 2.15.